The molecule has 0 aromatic rings. The Hall–Kier alpha value is -0.0800. The van der Waals surface area contributed by atoms with E-state index in [9.17, 15) is 5.11 Å². The van der Waals surface area contributed by atoms with E-state index in [1.807, 2.05) is 0 Å². The lowest BCUT2D eigenvalue weighted by atomic mass is 10.1. The molecule has 90 valence electrons. The maximum atomic E-state index is 9.92. The summed E-state index contributed by atoms with van der Waals surface area (Å²) in [7, 11) is 0. The van der Waals surface area contributed by atoms with Crippen LogP contribution >= 0.6 is 0 Å². The fourth-order valence-corrected chi connectivity index (χ4v) is 2.00. The van der Waals surface area contributed by atoms with Gasteiger partial charge < -0.3 is 5.11 Å². The zero-order chi connectivity index (χ0) is 11.3. The van der Waals surface area contributed by atoms with Gasteiger partial charge in [0.1, 0.15) is 0 Å². The van der Waals surface area contributed by atoms with Crippen molar-refractivity contribution in [2.45, 2.75) is 65.0 Å². The van der Waals surface area contributed by atoms with Crippen LogP contribution in [0.15, 0.2) is 0 Å². The molecule has 1 N–H and O–H groups in total. The Morgan fingerprint density at radius 1 is 1.27 bits per heavy atom. The van der Waals surface area contributed by atoms with Crippen LogP contribution in [0, 0.1) is 5.92 Å². The van der Waals surface area contributed by atoms with E-state index in [1.54, 1.807) is 0 Å². The van der Waals surface area contributed by atoms with Gasteiger partial charge in [0.2, 0.25) is 0 Å². The maximum absolute atomic E-state index is 9.92. The lowest BCUT2D eigenvalue weighted by Gasteiger charge is -2.28. The lowest BCUT2D eigenvalue weighted by Crippen LogP contribution is -2.39. The highest BCUT2D eigenvalue weighted by atomic mass is 16.3. The third-order valence-corrected chi connectivity index (χ3v) is 3.37. The van der Waals surface area contributed by atoms with E-state index in [1.165, 1.54) is 32.1 Å². The lowest BCUT2D eigenvalue weighted by molar-refractivity contribution is 0.0792. The van der Waals surface area contributed by atoms with Gasteiger partial charge in [-0.15, -0.1) is 0 Å². The molecular weight excluding hydrogens is 186 g/mol. The van der Waals surface area contributed by atoms with E-state index < -0.39 is 0 Å². The van der Waals surface area contributed by atoms with Crippen LogP contribution in [0.4, 0.5) is 0 Å². The summed E-state index contributed by atoms with van der Waals surface area (Å²) in [6.07, 6.45) is 6.25. The Kier molecular flexibility index (Phi) is 5.62. The van der Waals surface area contributed by atoms with Crippen molar-refractivity contribution in [2.24, 2.45) is 5.92 Å². The first-order valence-electron chi connectivity index (χ1n) is 6.57. The summed E-state index contributed by atoms with van der Waals surface area (Å²) < 4.78 is 0. The van der Waals surface area contributed by atoms with E-state index in [-0.39, 0.29) is 6.10 Å². The van der Waals surface area contributed by atoms with Crippen LogP contribution in [-0.2, 0) is 0 Å². The second kappa shape index (κ2) is 6.49. The monoisotopic (exact) mass is 213 g/mol. The van der Waals surface area contributed by atoms with Crippen LogP contribution < -0.4 is 0 Å². The fourth-order valence-electron chi connectivity index (χ4n) is 2.00. The molecule has 0 heterocycles. The second-order valence-electron chi connectivity index (χ2n) is 5.20. The SMILES string of the molecule is CCCCCN(CC(O)C1CC1)C(C)C. The van der Waals surface area contributed by atoms with Gasteiger partial charge in [0, 0.05) is 12.6 Å². The molecule has 2 heteroatoms. The summed E-state index contributed by atoms with van der Waals surface area (Å²) in [6, 6.07) is 0.565. The third kappa shape index (κ3) is 4.98. The van der Waals surface area contributed by atoms with E-state index in [0.29, 0.717) is 12.0 Å². The number of aliphatic hydroxyl groups is 1. The summed E-state index contributed by atoms with van der Waals surface area (Å²) >= 11 is 0. The number of aliphatic hydroxyl groups excluding tert-OH is 1. The standard InChI is InChI=1S/C13H27NO/c1-4-5-6-9-14(11(2)3)10-13(15)12-7-8-12/h11-13,15H,4-10H2,1-3H3. The third-order valence-electron chi connectivity index (χ3n) is 3.37. The van der Waals surface area contributed by atoms with E-state index in [2.05, 4.69) is 25.7 Å². The van der Waals surface area contributed by atoms with Crippen molar-refractivity contribution < 1.29 is 5.11 Å². The number of unbranched alkanes of at least 4 members (excludes halogenated alkanes) is 2. The summed E-state index contributed by atoms with van der Waals surface area (Å²) in [5, 5.41) is 9.92. The van der Waals surface area contributed by atoms with Crippen molar-refractivity contribution in [2.75, 3.05) is 13.1 Å². The van der Waals surface area contributed by atoms with Crippen molar-refractivity contribution in [1.29, 1.82) is 0 Å². The predicted molar refractivity (Wildman–Crippen MR) is 65.0 cm³/mol. The molecule has 1 rings (SSSR count). The minimum Gasteiger partial charge on any atom is -0.392 e. The van der Waals surface area contributed by atoms with E-state index in [4.69, 9.17) is 0 Å². The first-order valence-corrected chi connectivity index (χ1v) is 6.57. The van der Waals surface area contributed by atoms with Crippen molar-refractivity contribution >= 4 is 0 Å². The van der Waals surface area contributed by atoms with Gasteiger partial charge in [-0.05, 0) is 45.6 Å². The Labute approximate surface area is 94.7 Å². The van der Waals surface area contributed by atoms with Crippen molar-refractivity contribution in [1.82, 2.24) is 4.90 Å². The molecule has 1 aliphatic carbocycles. The largest absolute Gasteiger partial charge is 0.392 e. The van der Waals surface area contributed by atoms with Crippen molar-refractivity contribution in [3.05, 3.63) is 0 Å². The Bertz CT molecular complexity index is 166. The fraction of sp³-hybridized carbons (Fsp3) is 1.00. The average Bonchev–Trinajstić information content (AvgIpc) is 2.99. The second-order valence-corrected chi connectivity index (χ2v) is 5.20. The first kappa shape index (κ1) is 13.0. The molecule has 0 bridgehead atoms. The van der Waals surface area contributed by atoms with Gasteiger partial charge in [-0.2, -0.15) is 0 Å². The Morgan fingerprint density at radius 2 is 1.93 bits per heavy atom. The molecule has 0 spiro atoms. The summed E-state index contributed by atoms with van der Waals surface area (Å²) in [6.45, 7) is 8.72. The molecule has 15 heavy (non-hydrogen) atoms. The van der Waals surface area contributed by atoms with Gasteiger partial charge >= 0.3 is 0 Å². The molecule has 1 atom stereocenters. The molecule has 0 radical (unpaired) electrons. The Morgan fingerprint density at radius 3 is 2.40 bits per heavy atom. The summed E-state index contributed by atoms with van der Waals surface area (Å²) in [5.41, 5.74) is 0. The molecule has 0 amide bonds. The normalized spacial score (nSPS) is 18.8. The molecule has 2 nitrogen and oxygen atoms in total. The van der Waals surface area contributed by atoms with Gasteiger partial charge in [0.15, 0.2) is 0 Å². The number of hydrogen-bond donors (Lipinski definition) is 1. The number of nitrogens with zero attached hydrogens (tertiary/aromatic N) is 1. The van der Waals surface area contributed by atoms with Gasteiger partial charge in [-0.1, -0.05) is 19.8 Å². The average molecular weight is 213 g/mol. The highest BCUT2D eigenvalue weighted by molar-refractivity contribution is 4.83. The summed E-state index contributed by atoms with van der Waals surface area (Å²) in [5.74, 6) is 0.609. The van der Waals surface area contributed by atoms with Crippen LogP contribution in [0.1, 0.15) is 52.9 Å². The predicted octanol–water partition coefficient (Wildman–Crippen LogP) is 2.66. The number of rotatable bonds is 8. The number of hydrogen-bond acceptors (Lipinski definition) is 2. The molecule has 1 aliphatic rings. The highest BCUT2D eigenvalue weighted by Crippen LogP contribution is 2.33. The van der Waals surface area contributed by atoms with Gasteiger partial charge in [0.05, 0.1) is 6.10 Å². The maximum Gasteiger partial charge on any atom is 0.0695 e. The molecule has 0 aliphatic heterocycles. The van der Waals surface area contributed by atoms with Crippen LogP contribution in [-0.4, -0.2) is 35.2 Å². The molecule has 0 saturated heterocycles. The van der Waals surface area contributed by atoms with Gasteiger partial charge in [0.25, 0.3) is 0 Å². The molecule has 0 aromatic carbocycles. The quantitative estimate of drug-likeness (QED) is 0.627. The minimum atomic E-state index is -0.0750. The van der Waals surface area contributed by atoms with E-state index >= 15 is 0 Å². The highest BCUT2D eigenvalue weighted by Gasteiger charge is 2.31. The molecule has 1 saturated carbocycles. The van der Waals surface area contributed by atoms with Gasteiger partial charge in [-0.25, -0.2) is 0 Å². The molecular formula is C13H27NO. The van der Waals surface area contributed by atoms with Gasteiger partial charge in [-0.3, -0.25) is 4.90 Å². The van der Waals surface area contributed by atoms with Crippen molar-refractivity contribution in [3.8, 4) is 0 Å². The molecule has 1 unspecified atom stereocenters. The zero-order valence-electron chi connectivity index (χ0n) is 10.6. The Balaban J connectivity index is 2.22. The smallest absolute Gasteiger partial charge is 0.0695 e. The topological polar surface area (TPSA) is 23.5 Å². The first-order chi connectivity index (χ1) is 7.15. The zero-order valence-corrected chi connectivity index (χ0v) is 10.6. The minimum absolute atomic E-state index is 0.0750. The van der Waals surface area contributed by atoms with Crippen molar-refractivity contribution in [3.63, 3.8) is 0 Å². The van der Waals surface area contributed by atoms with Crippen LogP contribution in [0.5, 0.6) is 0 Å². The molecule has 1 fully saturated rings. The van der Waals surface area contributed by atoms with Crippen LogP contribution in [0.2, 0.25) is 0 Å². The summed E-state index contributed by atoms with van der Waals surface area (Å²) in [4.78, 5) is 2.43. The molecule has 0 aromatic heterocycles. The van der Waals surface area contributed by atoms with E-state index in [0.717, 1.165) is 13.1 Å². The van der Waals surface area contributed by atoms with Crippen LogP contribution in [0.25, 0.3) is 0 Å². The van der Waals surface area contributed by atoms with Crippen LogP contribution in [0.3, 0.4) is 0 Å².